The van der Waals surface area contributed by atoms with Crippen LogP contribution in [0.4, 0.5) is 0 Å². The molecule has 0 radical (unpaired) electrons. The van der Waals surface area contributed by atoms with Crippen molar-refractivity contribution in [2.45, 2.75) is 6.54 Å². The Morgan fingerprint density at radius 3 is 2.33 bits per heavy atom. The van der Waals surface area contributed by atoms with Crippen LogP contribution >= 0.6 is 11.6 Å². The molecule has 0 saturated carbocycles. The molecule has 0 unspecified atom stereocenters. The van der Waals surface area contributed by atoms with Gasteiger partial charge in [-0.05, 0) is 41.5 Å². The van der Waals surface area contributed by atoms with Gasteiger partial charge in [-0.2, -0.15) is 0 Å². The maximum Gasteiger partial charge on any atom is 0.337 e. The average molecular weight is 388 g/mol. The van der Waals surface area contributed by atoms with Crippen molar-refractivity contribution in [3.05, 3.63) is 76.3 Å². The minimum Gasteiger partial charge on any atom is -0.465 e. The van der Waals surface area contributed by atoms with Gasteiger partial charge in [-0.3, -0.25) is 4.79 Å². The van der Waals surface area contributed by atoms with Crippen molar-refractivity contribution in [3.8, 4) is 0 Å². The first kappa shape index (κ1) is 20.2. The zero-order valence-electron chi connectivity index (χ0n) is 14.6. The molecule has 6 nitrogen and oxygen atoms in total. The third-order valence-electron chi connectivity index (χ3n) is 3.49. The molecular weight excluding hydrogens is 370 g/mol. The predicted octanol–water partition coefficient (Wildman–Crippen LogP) is 3.00. The van der Waals surface area contributed by atoms with E-state index in [2.05, 4.69) is 10.1 Å². The first-order valence-corrected chi connectivity index (χ1v) is 8.40. The minimum absolute atomic E-state index is 0.248. The Balaban J connectivity index is 1.73. The molecule has 0 aliphatic rings. The normalized spacial score (nSPS) is 10.4. The second-order valence-electron chi connectivity index (χ2n) is 5.46. The molecule has 2 rings (SSSR count). The van der Waals surface area contributed by atoms with Crippen molar-refractivity contribution in [3.63, 3.8) is 0 Å². The molecule has 27 heavy (non-hydrogen) atoms. The molecular formula is C20H18ClNO5. The molecule has 0 atom stereocenters. The van der Waals surface area contributed by atoms with E-state index in [0.29, 0.717) is 10.6 Å². The smallest absolute Gasteiger partial charge is 0.337 e. The Bertz CT molecular complexity index is 828. The highest BCUT2D eigenvalue weighted by Crippen LogP contribution is 2.10. The number of hydrogen-bond acceptors (Lipinski definition) is 5. The summed E-state index contributed by atoms with van der Waals surface area (Å²) in [7, 11) is 1.31. The van der Waals surface area contributed by atoms with E-state index in [1.807, 2.05) is 0 Å². The van der Waals surface area contributed by atoms with Crippen LogP contribution in [0.15, 0.2) is 54.6 Å². The van der Waals surface area contributed by atoms with E-state index in [9.17, 15) is 14.4 Å². The largest absolute Gasteiger partial charge is 0.465 e. The summed E-state index contributed by atoms with van der Waals surface area (Å²) in [5, 5.41) is 3.23. The Kier molecular flexibility index (Phi) is 7.58. The van der Waals surface area contributed by atoms with Gasteiger partial charge >= 0.3 is 11.9 Å². The van der Waals surface area contributed by atoms with Gasteiger partial charge in [-0.25, -0.2) is 9.59 Å². The lowest BCUT2D eigenvalue weighted by Gasteiger charge is -2.06. The summed E-state index contributed by atoms with van der Waals surface area (Å²) in [4.78, 5) is 34.7. The lowest BCUT2D eigenvalue weighted by molar-refractivity contribution is -0.143. The molecule has 0 heterocycles. The summed E-state index contributed by atoms with van der Waals surface area (Å²) in [6.45, 7) is -0.136. The van der Waals surface area contributed by atoms with E-state index in [-0.39, 0.29) is 13.2 Å². The predicted molar refractivity (Wildman–Crippen MR) is 101 cm³/mol. The zero-order valence-corrected chi connectivity index (χ0v) is 15.4. The standard InChI is InChI=1S/C20H18ClNO5/c1-26-20(25)16-7-2-15(3-8-16)12-22-18(23)13-27-19(24)11-6-14-4-9-17(21)10-5-14/h2-11H,12-13H2,1H3,(H,22,23)/b11-6+. The van der Waals surface area contributed by atoms with Crippen LogP contribution in [0.25, 0.3) is 6.08 Å². The Morgan fingerprint density at radius 1 is 1.04 bits per heavy atom. The number of nitrogens with one attached hydrogen (secondary N) is 1. The van der Waals surface area contributed by atoms with Crippen LogP contribution in [0.5, 0.6) is 0 Å². The summed E-state index contributed by atoms with van der Waals surface area (Å²) in [5.41, 5.74) is 2.01. The van der Waals surface area contributed by atoms with Crippen LogP contribution in [0, 0.1) is 0 Å². The van der Waals surface area contributed by atoms with E-state index >= 15 is 0 Å². The van der Waals surface area contributed by atoms with Crippen molar-refractivity contribution in [2.24, 2.45) is 0 Å². The molecule has 1 N–H and O–H groups in total. The van der Waals surface area contributed by atoms with Crippen molar-refractivity contribution < 1.29 is 23.9 Å². The van der Waals surface area contributed by atoms with E-state index in [1.165, 1.54) is 13.2 Å². The fourth-order valence-electron chi connectivity index (χ4n) is 2.05. The summed E-state index contributed by atoms with van der Waals surface area (Å²) in [6, 6.07) is 13.5. The fourth-order valence-corrected chi connectivity index (χ4v) is 2.18. The van der Waals surface area contributed by atoms with E-state index in [1.54, 1.807) is 54.6 Å². The number of esters is 2. The number of rotatable bonds is 7. The molecule has 0 aromatic heterocycles. The molecule has 7 heteroatoms. The van der Waals surface area contributed by atoms with E-state index in [0.717, 1.165) is 11.1 Å². The molecule has 140 valence electrons. The summed E-state index contributed by atoms with van der Waals surface area (Å²) >= 11 is 5.78. The molecule has 2 aromatic carbocycles. The SMILES string of the molecule is COC(=O)c1ccc(CNC(=O)COC(=O)/C=C/c2ccc(Cl)cc2)cc1. The number of hydrogen-bond donors (Lipinski definition) is 1. The van der Waals surface area contributed by atoms with Crippen LogP contribution in [0.2, 0.25) is 5.02 Å². The number of ether oxygens (including phenoxy) is 2. The number of carbonyl (C=O) groups is 3. The maximum atomic E-state index is 11.8. The van der Waals surface area contributed by atoms with Crippen molar-refractivity contribution in [1.82, 2.24) is 5.32 Å². The van der Waals surface area contributed by atoms with Crippen molar-refractivity contribution >= 4 is 35.5 Å². The third kappa shape index (κ3) is 6.95. The van der Waals surface area contributed by atoms with Crippen LogP contribution in [0.3, 0.4) is 0 Å². The molecule has 2 aromatic rings. The van der Waals surface area contributed by atoms with Crippen LogP contribution in [0.1, 0.15) is 21.5 Å². The number of amides is 1. The summed E-state index contributed by atoms with van der Waals surface area (Å²) < 4.78 is 9.49. The fraction of sp³-hybridized carbons (Fsp3) is 0.150. The van der Waals surface area contributed by atoms with Crippen LogP contribution < -0.4 is 5.32 Å². The molecule has 0 bridgehead atoms. The van der Waals surface area contributed by atoms with Gasteiger partial charge in [0.15, 0.2) is 6.61 Å². The van der Waals surface area contributed by atoms with Gasteiger partial charge in [0, 0.05) is 17.6 Å². The first-order chi connectivity index (χ1) is 13.0. The first-order valence-electron chi connectivity index (χ1n) is 8.02. The van der Waals surface area contributed by atoms with E-state index in [4.69, 9.17) is 16.3 Å². The second-order valence-corrected chi connectivity index (χ2v) is 5.89. The molecule has 0 saturated heterocycles. The van der Waals surface area contributed by atoms with Gasteiger partial charge in [0.05, 0.1) is 12.7 Å². The Hall–Kier alpha value is -3.12. The highest BCUT2D eigenvalue weighted by molar-refractivity contribution is 6.30. The monoisotopic (exact) mass is 387 g/mol. The number of methoxy groups -OCH3 is 1. The Morgan fingerprint density at radius 2 is 1.70 bits per heavy atom. The second kappa shape index (κ2) is 10.1. The zero-order chi connectivity index (χ0) is 19.6. The third-order valence-corrected chi connectivity index (χ3v) is 3.74. The summed E-state index contributed by atoms with van der Waals surface area (Å²) in [6.07, 6.45) is 2.81. The topological polar surface area (TPSA) is 81.7 Å². The van der Waals surface area contributed by atoms with Crippen molar-refractivity contribution in [2.75, 3.05) is 13.7 Å². The van der Waals surface area contributed by atoms with Gasteiger partial charge in [0.25, 0.3) is 5.91 Å². The number of carbonyl (C=O) groups excluding carboxylic acids is 3. The van der Waals surface area contributed by atoms with Gasteiger partial charge in [0.1, 0.15) is 0 Å². The van der Waals surface area contributed by atoms with Crippen LogP contribution in [-0.4, -0.2) is 31.6 Å². The highest BCUT2D eigenvalue weighted by atomic mass is 35.5. The Labute approximate surface area is 161 Å². The molecule has 1 amide bonds. The quantitative estimate of drug-likeness (QED) is 0.583. The van der Waals surface area contributed by atoms with Crippen LogP contribution in [-0.2, 0) is 25.6 Å². The summed E-state index contributed by atoms with van der Waals surface area (Å²) in [5.74, 6) is -1.48. The van der Waals surface area contributed by atoms with Gasteiger partial charge in [-0.15, -0.1) is 0 Å². The molecule has 0 aliphatic heterocycles. The number of benzene rings is 2. The lowest BCUT2D eigenvalue weighted by Crippen LogP contribution is -2.28. The average Bonchev–Trinajstić information content (AvgIpc) is 2.70. The van der Waals surface area contributed by atoms with Crippen molar-refractivity contribution in [1.29, 1.82) is 0 Å². The minimum atomic E-state index is -0.623. The molecule has 0 fully saturated rings. The van der Waals surface area contributed by atoms with Gasteiger partial charge in [-0.1, -0.05) is 35.9 Å². The lowest BCUT2D eigenvalue weighted by atomic mass is 10.1. The molecule has 0 aliphatic carbocycles. The highest BCUT2D eigenvalue weighted by Gasteiger charge is 2.07. The van der Waals surface area contributed by atoms with Gasteiger partial charge in [0.2, 0.25) is 0 Å². The van der Waals surface area contributed by atoms with E-state index < -0.39 is 17.8 Å². The number of halogens is 1. The van der Waals surface area contributed by atoms with Gasteiger partial charge < -0.3 is 14.8 Å². The maximum absolute atomic E-state index is 11.8. The molecule has 0 spiro atoms.